The van der Waals surface area contributed by atoms with E-state index in [1.165, 1.54) is 5.56 Å². The minimum atomic E-state index is -2.16. The number of anilines is 1. The maximum absolute atomic E-state index is 10.6. The van der Waals surface area contributed by atoms with Gasteiger partial charge in [0.15, 0.2) is 0 Å². The number of hydrogen-bond donors (Lipinski definition) is 1. The van der Waals surface area contributed by atoms with Gasteiger partial charge >= 0.3 is 0 Å². The summed E-state index contributed by atoms with van der Waals surface area (Å²) in [5.41, 5.74) is 1.69. The summed E-state index contributed by atoms with van der Waals surface area (Å²) in [6.45, 7) is 2.04. The largest absolute Gasteiger partial charge is 0.327 e. The van der Waals surface area contributed by atoms with Gasteiger partial charge in [0, 0.05) is 5.69 Å². The number of benzene rings is 1. The highest BCUT2D eigenvalue weighted by Gasteiger charge is 2.04. The van der Waals surface area contributed by atoms with Crippen LogP contribution in [-0.2, 0) is 17.7 Å². The van der Waals surface area contributed by atoms with Crippen LogP contribution in [0, 0.1) is 0 Å². The van der Waals surface area contributed by atoms with Gasteiger partial charge in [0.05, 0.1) is 0 Å². The van der Waals surface area contributed by atoms with Crippen LogP contribution in [0.1, 0.15) is 12.5 Å². The number of rotatable bonds is 3. The first-order valence-electron chi connectivity index (χ1n) is 3.90. The van der Waals surface area contributed by atoms with Crippen LogP contribution >= 0.6 is 0 Å². The van der Waals surface area contributed by atoms with Gasteiger partial charge in [-0.3, -0.25) is 4.55 Å². The van der Waals surface area contributed by atoms with Crippen molar-refractivity contribution in [1.82, 2.24) is 0 Å². The molecule has 2 radical (unpaired) electrons. The Morgan fingerprint density at radius 2 is 2.00 bits per heavy atom. The fourth-order valence-electron chi connectivity index (χ4n) is 0.969. The summed E-state index contributed by atoms with van der Waals surface area (Å²) in [5.74, 6) is 0. The maximum Gasteiger partial charge on any atom is 0.251 e. The van der Waals surface area contributed by atoms with E-state index in [9.17, 15) is 4.21 Å². The minimum Gasteiger partial charge on any atom is -0.327 e. The fourth-order valence-corrected chi connectivity index (χ4v) is 1.27. The van der Waals surface area contributed by atoms with E-state index >= 15 is 0 Å². The zero-order valence-corrected chi connectivity index (χ0v) is 8.12. The Morgan fingerprint density at radius 1 is 1.46 bits per heavy atom. The van der Waals surface area contributed by atoms with Crippen LogP contribution < -0.4 is 4.22 Å². The predicted octanol–water partition coefficient (Wildman–Crippen LogP) is 1.28. The summed E-state index contributed by atoms with van der Waals surface area (Å²) in [6, 6.07) is 7.18. The van der Waals surface area contributed by atoms with Gasteiger partial charge in [-0.15, -0.1) is 0 Å². The molecular formula is C8H10BNO2S. The Balaban J connectivity index is 2.85. The number of hydrogen-bond acceptors (Lipinski definition) is 1. The molecule has 1 aromatic rings. The van der Waals surface area contributed by atoms with Gasteiger partial charge in [0.2, 0.25) is 11.3 Å². The highest BCUT2D eigenvalue weighted by Crippen LogP contribution is 2.14. The molecule has 1 rings (SSSR count). The van der Waals surface area contributed by atoms with Crippen LogP contribution in [0.5, 0.6) is 0 Å². The Morgan fingerprint density at radius 3 is 2.38 bits per heavy atom. The third-order valence-electron chi connectivity index (χ3n) is 1.77. The Labute approximate surface area is 81.6 Å². The van der Waals surface area contributed by atoms with Crippen molar-refractivity contribution in [3.63, 3.8) is 0 Å². The average Bonchev–Trinajstić information content (AvgIpc) is 2.17. The van der Waals surface area contributed by atoms with E-state index in [1.807, 2.05) is 19.1 Å². The maximum atomic E-state index is 10.6. The molecule has 0 amide bonds. The lowest BCUT2D eigenvalue weighted by Gasteiger charge is -2.14. The number of nitrogens with zero attached hydrogens (tertiary/aromatic N) is 1. The van der Waals surface area contributed by atoms with E-state index in [0.717, 1.165) is 10.6 Å². The van der Waals surface area contributed by atoms with Gasteiger partial charge in [-0.2, -0.15) is 0 Å². The van der Waals surface area contributed by atoms with Gasteiger partial charge in [-0.25, -0.2) is 4.21 Å². The lowest BCUT2D eigenvalue weighted by molar-refractivity contribution is 0.566. The summed E-state index contributed by atoms with van der Waals surface area (Å²) in [7, 11) is 5.31. The van der Waals surface area contributed by atoms with Crippen molar-refractivity contribution in [3.8, 4) is 0 Å². The summed E-state index contributed by atoms with van der Waals surface area (Å²) >= 11 is -2.16. The molecule has 1 aromatic carbocycles. The van der Waals surface area contributed by atoms with Crippen LogP contribution in [0.4, 0.5) is 5.69 Å². The summed E-state index contributed by atoms with van der Waals surface area (Å²) in [5, 5.41) is 0. The van der Waals surface area contributed by atoms with E-state index in [2.05, 4.69) is 0 Å². The molecule has 0 saturated carbocycles. The second-order valence-electron chi connectivity index (χ2n) is 2.58. The van der Waals surface area contributed by atoms with E-state index in [1.54, 1.807) is 12.1 Å². The molecule has 3 nitrogen and oxygen atoms in total. The average molecular weight is 195 g/mol. The van der Waals surface area contributed by atoms with Gasteiger partial charge in [-0.1, -0.05) is 19.1 Å². The minimum absolute atomic E-state index is 0.526. The fraction of sp³-hybridized carbons (Fsp3) is 0.250. The summed E-state index contributed by atoms with van der Waals surface area (Å²) < 4.78 is 20.0. The standard InChI is InChI=1S/C8H10BNO2S/c1-2-7-3-5-8(6-4-7)10(9)13(11)12/h3-6H,2H2,1H3,(H,11,12). The van der Waals surface area contributed by atoms with Crippen molar-refractivity contribution in [2.24, 2.45) is 0 Å². The van der Waals surface area contributed by atoms with Crippen molar-refractivity contribution in [1.29, 1.82) is 0 Å². The van der Waals surface area contributed by atoms with E-state index < -0.39 is 11.3 Å². The van der Waals surface area contributed by atoms with Gasteiger partial charge in [0.25, 0.3) is 7.98 Å². The summed E-state index contributed by atoms with van der Waals surface area (Å²) in [4.78, 5) is 0. The van der Waals surface area contributed by atoms with Crippen LogP contribution in [0.25, 0.3) is 0 Å². The molecule has 0 aliphatic rings. The molecule has 0 aromatic heterocycles. The molecule has 13 heavy (non-hydrogen) atoms. The molecule has 1 unspecified atom stereocenters. The zero-order valence-electron chi connectivity index (χ0n) is 7.30. The molecule has 68 valence electrons. The van der Waals surface area contributed by atoms with Crippen molar-refractivity contribution >= 4 is 24.9 Å². The Bertz CT molecular complexity index is 302. The van der Waals surface area contributed by atoms with Gasteiger partial charge < -0.3 is 4.22 Å². The Hall–Kier alpha value is -0.805. The highest BCUT2D eigenvalue weighted by molar-refractivity contribution is 7.82. The lowest BCUT2D eigenvalue weighted by atomic mass is 10.1. The monoisotopic (exact) mass is 195 g/mol. The molecule has 5 heteroatoms. The molecule has 0 spiro atoms. The first kappa shape index (κ1) is 10.3. The second-order valence-corrected chi connectivity index (χ2v) is 3.43. The third kappa shape index (κ3) is 2.57. The smallest absolute Gasteiger partial charge is 0.251 e. The second kappa shape index (κ2) is 4.44. The topological polar surface area (TPSA) is 40.5 Å². The van der Waals surface area contributed by atoms with E-state index in [0.29, 0.717) is 5.69 Å². The van der Waals surface area contributed by atoms with Gasteiger partial charge in [0.1, 0.15) is 0 Å². The van der Waals surface area contributed by atoms with Crippen molar-refractivity contribution < 1.29 is 8.76 Å². The zero-order chi connectivity index (χ0) is 9.84. The van der Waals surface area contributed by atoms with E-state index in [-0.39, 0.29) is 0 Å². The molecule has 0 aliphatic carbocycles. The number of aryl methyl sites for hydroxylation is 1. The quantitative estimate of drug-likeness (QED) is 0.582. The van der Waals surface area contributed by atoms with Crippen LogP contribution in [0.15, 0.2) is 24.3 Å². The van der Waals surface area contributed by atoms with Crippen LogP contribution in [0.2, 0.25) is 0 Å². The Kier molecular flexibility index (Phi) is 3.51. The first-order chi connectivity index (χ1) is 6.15. The highest BCUT2D eigenvalue weighted by atomic mass is 32.2. The van der Waals surface area contributed by atoms with Crippen molar-refractivity contribution in [2.45, 2.75) is 13.3 Å². The summed E-state index contributed by atoms with van der Waals surface area (Å²) in [6.07, 6.45) is 0.938. The molecular weight excluding hydrogens is 185 g/mol. The molecule has 1 atom stereocenters. The third-order valence-corrected chi connectivity index (χ3v) is 2.31. The SMILES string of the molecule is [B]N(c1ccc(CC)cc1)S(=O)O. The molecule has 0 aliphatic heterocycles. The molecule has 0 heterocycles. The molecule has 0 fully saturated rings. The first-order valence-corrected chi connectivity index (χ1v) is 4.96. The van der Waals surface area contributed by atoms with E-state index in [4.69, 9.17) is 12.5 Å². The molecule has 0 saturated heterocycles. The van der Waals surface area contributed by atoms with Crippen molar-refractivity contribution in [2.75, 3.05) is 4.22 Å². The van der Waals surface area contributed by atoms with Gasteiger partial charge in [-0.05, 0) is 24.1 Å². The lowest BCUT2D eigenvalue weighted by Crippen LogP contribution is -2.20. The predicted molar refractivity (Wildman–Crippen MR) is 54.8 cm³/mol. The van der Waals surface area contributed by atoms with Crippen LogP contribution in [0.3, 0.4) is 0 Å². The molecule has 1 N–H and O–H groups in total. The van der Waals surface area contributed by atoms with Crippen LogP contribution in [-0.4, -0.2) is 16.7 Å². The molecule has 0 bridgehead atoms. The normalized spacial score (nSPS) is 12.5. The van der Waals surface area contributed by atoms with Crippen molar-refractivity contribution in [3.05, 3.63) is 29.8 Å².